The van der Waals surface area contributed by atoms with Crippen LogP contribution >= 0.6 is 11.8 Å². The van der Waals surface area contributed by atoms with E-state index in [1.807, 2.05) is 66.9 Å². The van der Waals surface area contributed by atoms with Gasteiger partial charge < -0.3 is 14.6 Å². The lowest BCUT2D eigenvalue weighted by atomic mass is 10.1. The average molecular weight is 411 g/mol. The molecule has 0 saturated heterocycles. The van der Waals surface area contributed by atoms with E-state index in [0.717, 1.165) is 40.9 Å². The van der Waals surface area contributed by atoms with Crippen molar-refractivity contribution in [1.29, 1.82) is 0 Å². The van der Waals surface area contributed by atoms with Crippen molar-refractivity contribution in [3.05, 3.63) is 54.1 Å². The summed E-state index contributed by atoms with van der Waals surface area (Å²) < 4.78 is 7.51. The number of aryl methyl sites for hydroxylation is 1. The molecule has 0 saturated carbocycles. The summed E-state index contributed by atoms with van der Waals surface area (Å²) in [6, 6.07) is 15.7. The summed E-state index contributed by atoms with van der Waals surface area (Å²) in [4.78, 5) is 12.3. The number of aromatic nitrogens is 3. The van der Waals surface area contributed by atoms with Crippen molar-refractivity contribution < 1.29 is 9.53 Å². The zero-order chi connectivity index (χ0) is 20.6. The molecule has 0 bridgehead atoms. The van der Waals surface area contributed by atoms with Crippen LogP contribution in [-0.4, -0.2) is 33.0 Å². The van der Waals surface area contributed by atoms with Crippen LogP contribution in [0.3, 0.4) is 0 Å². The summed E-state index contributed by atoms with van der Waals surface area (Å²) in [5.41, 5.74) is 3.02. The third-order valence-corrected chi connectivity index (χ3v) is 5.40. The molecule has 1 aromatic heterocycles. The van der Waals surface area contributed by atoms with Gasteiger partial charge in [0.1, 0.15) is 5.75 Å². The van der Waals surface area contributed by atoms with Crippen molar-refractivity contribution in [3.8, 4) is 17.1 Å². The Labute approximate surface area is 175 Å². The minimum Gasteiger partial charge on any atom is -0.494 e. The van der Waals surface area contributed by atoms with E-state index >= 15 is 0 Å². The molecule has 1 N–H and O–H groups in total. The molecule has 1 amide bonds. The highest BCUT2D eigenvalue weighted by atomic mass is 32.2. The fraction of sp³-hybridized carbons (Fsp3) is 0.318. The fourth-order valence-electron chi connectivity index (χ4n) is 2.91. The highest BCUT2D eigenvalue weighted by Crippen LogP contribution is 2.25. The lowest BCUT2D eigenvalue weighted by Gasteiger charge is -2.09. The molecule has 0 aliphatic carbocycles. The standard InChI is InChI=1S/C22H26N4O2S/c1-4-16-7-11-18(12-8-16)23-20(27)15-29-22-25-24-21(26(22)5-2)17-9-13-19(14-10-17)28-6-3/h7-14H,4-6,15H2,1-3H3,(H,23,27). The summed E-state index contributed by atoms with van der Waals surface area (Å²) in [5, 5.41) is 12.3. The summed E-state index contributed by atoms with van der Waals surface area (Å²) in [5.74, 6) is 1.83. The maximum absolute atomic E-state index is 12.3. The number of ether oxygens (including phenoxy) is 1. The van der Waals surface area contributed by atoms with Crippen LogP contribution < -0.4 is 10.1 Å². The van der Waals surface area contributed by atoms with E-state index in [0.29, 0.717) is 6.61 Å². The fourth-order valence-corrected chi connectivity index (χ4v) is 3.71. The van der Waals surface area contributed by atoms with Gasteiger partial charge >= 0.3 is 0 Å². The van der Waals surface area contributed by atoms with E-state index in [1.165, 1.54) is 17.3 Å². The lowest BCUT2D eigenvalue weighted by molar-refractivity contribution is -0.113. The Hall–Kier alpha value is -2.80. The van der Waals surface area contributed by atoms with E-state index < -0.39 is 0 Å². The van der Waals surface area contributed by atoms with Crippen molar-refractivity contribution in [3.63, 3.8) is 0 Å². The highest BCUT2D eigenvalue weighted by Gasteiger charge is 2.15. The van der Waals surface area contributed by atoms with Crippen LogP contribution in [0.15, 0.2) is 53.7 Å². The molecule has 0 unspecified atom stereocenters. The maximum Gasteiger partial charge on any atom is 0.234 e. The van der Waals surface area contributed by atoms with Crippen molar-refractivity contribution in [2.24, 2.45) is 0 Å². The third-order valence-electron chi connectivity index (χ3n) is 4.43. The highest BCUT2D eigenvalue weighted by molar-refractivity contribution is 7.99. The first-order chi connectivity index (χ1) is 14.1. The van der Waals surface area contributed by atoms with Gasteiger partial charge in [0.2, 0.25) is 5.91 Å². The first kappa shape index (κ1) is 20.9. The molecule has 2 aromatic carbocycles. The van der Waals surface area contributed by atoms with Gasteiger partial charge in [-0.25, -0.2) is 0 Å². The minimum atomic E-state index is -0.0625. The Morgan fingerprint density at radius 1 is 1.03 bits per heavy atom. The first-order valence-electron chi connectivity index (χ1n) is 9.82. The van der Waals surface area contributed by atoms with Gasteiger partial charge in [-0.3, -0.25) is 4.79 Å². The molecule has 3 rings (SSSR count). The van der Waals surface area contributed by atoms with Crippen LogP contribution in [0.25, 0.3) is 11.4 Å². The van der Waals surface area contributed by atoms with E-state index in [9.17, 15) is 4.79 Å². The quantitative estimate of drug-likeness (QED) is 0.520. The number of hydrogen-bond donors (Lipinski definition) is 1. The number of anilines is 1. The van der Waals surface area contributed by atoms with E-state index in [-0.39, 0.29) is 11.7 Å². The Balaban J connectivity index is 1.64. The number of nitrogens with zero attached hydrogens (tertiary/aromatic N) is 3. The van der Waals surface area contributed by atoms with Gasteiger partial charge in [0, 0.05) is 17.8 Å². The van der Waals surface area contributed by atoms with E-state index in [4.69, 9.17) is 4.74 Å². The molecule has 0 radical (unpaired) electrons. The predicted octanol–water partition coefficient (Wildman–Crippen LogP) is 4.66. The number of thioether (sulfide) groups is 1. The van der Waals surface area contributed by atoms with Crippen molar-refractivity contribution in [2.45, 2.75) is 38.9 Å². The molecule has 29 heavy (non-hydrogen) atoms. The van der Waals surface area contributed by atoms with Gasteiger partial charge in [-0.15, -0.1) is 10.2 Å². The van der Waals surface area contributed by atoms with Gasteiger partial charge in [-0.1, -0.05) is 30.8 Å². The molecule has 0 atom stereocenters. The molecule has 6 nitrogen and oxygen atoms in total. The molecule has 3 aromatic rings. The smallest absolute Gasteiger partial charge is 0.234 e. The van der Waals surface area contributed by atoms with E-state index in [1.54, 1.807) is 0 Å². The SMILES string of the molecule is CCOc1ccc(-c2nnc(SCC(=O)Nc3ccc(CC)cc3)n2CC)cc1. The van der Waals surface area contributed by atoms with Crippen molar-refractivity contribution >= 4 is 23.4 Å². The zero-order valence-electron chi connectivity index (χ0n) is 17.0. The molecule has 1 heterocycles. The number of hydrogen-bond acceptors (Lipinski definition) is 5. The largest absolute Gasteiger partial charge is 0.494 e. The molecule has 0 spiro atoms. The number of nitrogens with one attached hydrogen (secondary N) is 1. The molecule has 7 heteroatoms. The minimum absolute atomic E-state index is 0.0625. The maximum atomic E-state index is 12.3. The molecule has 152 valence electrons. The van der Waals surface area contributed by atoms with Crippen molar-refractivity contribution in [2.75, 3.05) is 17.7 Å². The van der Waals surface area contributed by atoms with Crippen LogP contribution in [0.1, 0.15) is 26.3 Å². The van der Waals surface area contributed by atoms with Gasteiger partial charge in [0.05, 0.1) is 12.4 Å². The third kappa shape index (κ3) is 5.38. The first-order valence-corrected chi connectivity index (χ1v) is 10.8. The molecular weight excluding hydrogens is 384 g/mol. The molecule has 0 aliphatic heterocycles. The van der Waals surface area contributed by atoms with Crippen LogP contribution in [-0.2, 0) is 17.8 Å². The van der Waals surface area contributed by atoms with Gasteiger partial charge in [0.15, 0.2) is 11.0 Å². The Morgan fingerprint density at radius 2 is 1.76 bits per heavy atom. The number of benzene rings is 2. The lowest BCUT2D eigenvalue weighted by Crippen LogP contribution is -2.14. The van der Waals surface area contributed by atoms with Crippen LogP contribution in [0.5, 0.6) is 5.75 Å². The predicted molar refractivity (Wildman–Crippen MR) is 117 cm³/mol. The number of amides is 1. The Bertz CT molecular complexity index is 936. The Kier molecular flexibility index (Phi) is 7.30. The summed E-state index contributed by atoms with van der Waals surface area (Å²) in [6.45, 7) is 7.46. The van der Waals surface area contributed by atoms with Gasteiger partial charge in [-0.05, 0) is 62.2 Å². The average Bonchev–Trinajstić information content (AvgIpc) is 3.16. The van der Waals surface area contributed by atoms with Crippen LogP contribution in [0, 0.1) is 0 Å². The summed E-state index contributed by atoms with van der Waals surface area (Å²) in [6.07, 6.45) is 0.980. The van der Waals surface area contributed by atoms with E-state index in [2.05, 4.69) is 22.4 Å². The normalized spacial score (nSPS) is 10.7. The summed E-state index contributed by atoms with van der Waals surface area (Å²) >= 11 is 1.39. The topological polar surface area (TPSA) is 69.0 Å². The summed E-state index contributed by atoms with van der Waals surface area (Å²) in [7, 11) is 0. The second-order valence-corrected chi connectivity index (χ2v) is 7.34. The van der Waals surface area contributed by atoms with Gasteiger partial charge in [0.25, 0.3) is 0 Å². The number of carbonyl (C=O) groups is 1. The van der Waals surface area contributed by atoms with Crippen LogP contribution in [0.4, 0.5) is 5.69 Å². The molecule has 0 fully saturated rings. The molecular formula is C22H26N4O2S. The van der Waals surface area contributed by atoms with Crippen molar-refractivity contribution in [1.82, 2.24) is 14.8 Å². The monoisotopic (exact) mass is 410 g/mol. The second kappa shape index (κ2) is 10.1. The number of rotatable bonds is 9. The molecule has 0 aliphatic rings. The van der Waals surface area contributed by atoms with Gasteiger partial charge in [-0.2, -0.15) is 0 Å². The number of carbonyl (C=O) groups excluding carboxylic acids is 1. The Morgan fingerprint density at radius 3 is 2.38 bits per heavy atom. The van der Waals surface area contributed by atoms with Crippen LogP contribution in [0.2, 0.25) is 0 Å². The second-order valence-electron chi connectivity index (χ2n) is 6.40. The zero-order valence-corrected chi connectivity index (χ0v) is 17.8.